The molecule has 148 valence electrons. The van der Waals surface area contributed by atoms with Gasteiger partial charge in [0, 0.05) is 12.6 Å². The van der Waals surface area contributed by atoms with Crippen molar-refractivity contribution in [2.75, 3.05) is 11.1 Å². The van der Waals surface area contributed by atoms with Crippen LogP contribution in [0.2, 0.25) is 0 Å². The van der Waals surface area contributed by atoms with E-state index >= 15 is 0 Å². The van der Waals surface area contributed by atoms with Crippen molar-refractivity contribution in [2.24, 2.45) is 7.05 Å². The second-order valence-corrected chi connectivity index (χ2v) is 6.95. The number of nitrogens with two attached hydrogens (primary N) is 1. The molecule has 0 atom stereocenters. The van der Waals surface area contributed by atoms with Gasteiger partial charge in [0.15, 0.2) is 5.69 Å². The second kappa shape index (κ2) is 7.60. The van der Waals surface area contributed by atoms with E-state index < -0.39 is 0 Å². The Bertz CT molecular complexity index is 1360. The molecule has 0 bridgehead atoms. The summed E-state index contributed by atoms with van der Waals surface area (Å²) < 4.78 is 3.19. The fraction of sp³-hybridized carbons (Fsp3) is 0.0870. The van der Waals surface area contributed by atoms with Gasteiger partial charge in [-0.15, -0.1) is 0 Å². The fourth-order valence-electron chi connectivity index (χ4n) is 3.37. The second-order valence-electron chi connectivity index (χ2n) is 6.95. The lowest BCUT2D eigenvalue weighted by molar-refractivity contribution is 0.102. The summed E-state index contributed by atoms with van der Waals surface area (Å²) in [5, 5.41) is 2.80. The van der Waals surface area contributed by atoms with E-state index in [4.69, 9.17) is 12.3 Å². The number of nitrogens with one attached hydrogen (secondary N) is 1. The first-order chi connectivity index (χ1) is 14.5. The zero-order chi connectivity index (χ0) is 21.3. The molecule has 0 saturated heterocycles. The predicted octanol–water partition coefficient (Wildman–Crippen LogP) is 3.77. The number of hydrogen-bond donors (Lipinski definition) is 2. The summed E-state index contributed by atoms with van der Waals surface area (Å²) in [5.41, 5.74) is 10.1. The summed E-state index contributed by atoms with van der Waals surface area (Å²) in [4.78, 5) is 28.6. The number of aromatic nitrogens is 2. The number of hydrogen-bond acceptors (Lipinski definition) is 3. The van der Waals surface area contributed by atoms with Crippen LogP contribution in [0.4, 0.5) is 17.1 Å². The molecule has 1 heterocycles. The highest BCUT2D eigenvalue weighted by molar-refractivity contribution is 6.05. The Hall–Kier alpha value is -4.31. The number of para-hydroxylation sites is 2. The number of rotatable bonds is 4. The van der Waals surface area contributed by atoms with Crippen LogP contribution in [-0.4, -0.2) is 15.0 Å². The first kappa shape index (κ1) is 19.0. The monoisotopic (exact) mass is 397 g/mol. The average Bonchev–Trinajstić information content (AvgIpc) is 3.00. The number of fused-ring (bicyclic) bond motifs is 1. The summed E-state index contributed by atoms with van der Waals surface area (Å²) in [6, 6.07) is 19.4. The van der Waals surface area contributed by atoms with Crippen molar-refractivity contribution < 1.29 is 4.79 Å². The number of amides is 1. The third-order valence-corrected chi connectivity index (χ3v) is 5.02. The van der Waals surface area contributed by atoms with E-state index in [-0.39, 0.29) is 11.6 Å². The maximum Gasteiger partial charge on any atom is 0.329 e. The molecule has 4 rings (SSSR count). The van der Waals surface area contributed by atoms with Gasteiger partial charge in [0.1, 0.15) is 0 Å². The zero-order valence-corrected chi connectivity index (χ0v) is 16.3. The fourth-order valence-corrected chi connectivity index (χ4v) is 3.37. The van der Waals surface area contributed by atoms with Gasteiger partial charge in [0.05, 0.1) is 35.5 Å². The van der Waals surface area contributed by atoms with Gasteiger partial charge in [-0.05, 0) is 42.0 Å². The Kier molecular flexibility index (Phi) is 4.82. The topological polar surface area (TPSA) is 86.4 Å². The molecular formula is C23H19N5O2. The number of carbonyl (C=O) groups excluding carboxylic acids is 1. The maximum atomic E-state index is 12.7. The van der Waals surface area contributed by atoms with Crippen LogP contribution in [0.25, 0.3) is 15.9 Å². The third kappa shape index (κ3) is 3.42. The molecule has 3 aromatic carbocycles. The number of imidazole rings is 1. The quantitative estimate of drug-likeness (QED) is 0.406. The van der Waals surface area contributed by atoms with Gasteiger partial charge in [-0.25, -0.2) is 9.64 Å². The lowest BCUT2D eigenvalue weighted by Gasteiger charge is -2.09. The first-order valence-corrected chi connectivity index (χ1v) is 9.29. The molecule has 1 aromatic heterocycles. The average molecular weight is 397 g/mol. The number of nitrogen functional groups attached to an aromatic ring is 1. The molecule has 0 aliphatic carbocycles. The molecule has 4 aromatic rings. The lowest BCUT2D eigenvalue weighted by atomic mass is 10.1. The van der Waals surface area contributed by atoms with Gasteiger partial charge in [-0.3, -0.25) is 13.9 Å². The van der Waals surface area contributed by atoms with E-state index in [1.165, 1.54) is 4.57 Å². The van der Waals surface area contributed by atoms with Crippen LogP contribution in [0.1, 0.15) is 15.9 Å². The number of benzene rings is 3. The van der Waals surface area contributed by atoms with Gasteiger partial charge >= 0.3 is 5.69 Å². The van der Waals surface area contributed by atoms with E-state index in [1.807, 2.05) is 12.1 Å². The molecule has 0 aliphatic heterocycles. The van der Waals surface area contributed by atoms with Crippen molar-refractivity contribution in [3.63, 3.8) is 0 Å². The first-order valence-electron chi connectivity index (χ1n) is 9.29. The molecule has 30 heavy (non-hydrogen) atoms. The smallest absolute Gasteiger partial charge is 0.329 e. The summed E-state index contributed by atoms with van der Waals surface area (Å²) in [7, 11) is 1.69. The highest BCUT2D eigenvalue weighted by Crippen LogP contribution is 2.21. The largest absolute Gasteiger partial charge is 0.397 e. The van der Waals surface area contributed by atoms with Crippen LogP contribution in [0, 0.1) is 6.57 Å². The highest BCUT2D eigenvalue weighted by atomic mass is 16.2. The van der Waals surface area contributed by atoms with E-state index in [2.05, 4.69) is 10.2 Å². The Balaban J connectivity index is 1.58. The van der Waals surface area contributed by atoms with Gasteiger partial charge in [0.2, 0.25) is 0 Å². The minimum Gasteiger partial charge on any atom is -0.397 e. The maximum absolute atomic E-state index is 12.7. The van der Waals surface area contributed by atoms with Crippen molar-refractivity contribution in [1.29, 1.82) is 0 Å². The summed E-state index contributed by atoms with van der Waals surface area (Å²) in [6.07, 6.45) is 0. The van der Waals surface area contributed by atoms with Crippen LogP contribution in [0.5, 0.6) is 0 Å². The van der Waals surface area contributed by atoms with Crippen molar-refractivity contribution in [3.8, 4) is 0 Å². The molecule has 3 N–H and O–H groups in total. The molecule has 0 aliphatic rings. The Morgan fingerprint density at radius 2 is 1.80 bits per heavy atom. The molecular weight excluding hydrogens is 378 g/mol. The highest BCUT2D eigenvalue weighted by Gasteiger charge is 2.13. The van der Waals surface area contributed by atoms with Crippen molar-refractivity contribution in [2.45, 2.75) is 6.54 Å². The van der Waals surface area contributed by atoms with Gasteiger partial charge in [-0.2, -0.15) is 0 Å². The van der Waals surface area contributed by atoms with Crippen LogP contribution >= 0.6 is 0 Å². The van der Waals surface area contributed by atoms with E-state index in [9.17, 15) is 9.59 Å². The molecule has 0 unspecified atom stereocenters. The minimum atomic E-state index is -0.256. The van der Waals surface area contributed by atoms with Gasteiger partial charge in [-0.1, -0.05) is 30.3 Å². The summed E-state index contributed by atoms with van der Waals surface area (Å²) >= 11 is 0. The normalized spacial score (nSPS) is 10.7. The molecule has 0 radical (unpaired) electrons. The Morgan fingerprint density at radius 3 is 2.50 bits per heavy atom. The van der Waals surface area contributed by atoms with E-state index in [0.717, 1.165) is 11.1 Å². The van der Waals surface area contributed by atoms with Crippen molar-refractivity contribution in [3.05, 3.63) is 99.8 Å². The predicted molar refractivity (Wildman–Crippen MR) is 118 cm³/mol. The molecule has 0 fully saturated rings. The number of anilines is 2. The van der Waals surface area contributed by atoms with Crippen LogP contribution in [-0.2, 0) is 13.6 Å². The van der Waals surface area contributed by atoms with E-state index in [1.54, 1.807) is 66.2 Å². The van der Waals surface area contributed by atoms with Crippen molar-refractivity contribution >= 4 is 34.0 Å². The van der Waals surface area contributed by atoms with Crippen LogP contribution in [0.15, 0.2) is 71.5 Å². The number of nitrogens with zero attached hydrogens (tertiary/aromatic N) is 3. The molecule has 7 heteroatoms. The van der Waals surface area contributed by atoms with Gasteiger partial charge < -0.3 is 11.1 Å². The minimum absolute atomic E-state index is 0.159. The molecule has 0 saturated carbocycles. The SMILES string of the molecule is [C-]#[N+]c1ccc2c(c1)n(C)c(=O)n2Cc1ccc(C(=O)Nc2ccccc2N)cc1. The Labute approximate surface area is 172 Å². The third-order valence-electron chi connectivity index (χ3n) is 5.02. The van der Waals surface area contributed by atoms with E-state index in [0.29, 0.717) is 34.7 Å². The van der Waals surface area contributed by atoms with Gasteiger partial charge in [0.25, 0.3) is 5.91 Å². The molecule has 7 nitrogen and oxygen atoms in total. The zero-order valence-electron chi connectivity index (χ0n) is 16.3. The Morgan fingerprint density at radius 1 is 1.07 bits per heavy atom. The lowest BCUT2D eigenvalue weighted by Crippen LogP contribution is -2.22. The van der Waals surface area contributed by atoms with Crippen molar-refractivity contribution in [1.82, 2.24) is 9.13 Å². The molecule has 1 amide bonds. The number of carbonyl (C=O) groups is 1. The van der Waals surface area contributed by atoms with Crippen LogP contribution < -0.4 is 16.7 Å². The molecule has 0 spiro atoms. The standard InChI is InChI=1S/C23H19N5O2/c1-25-17-11-12-20-21(13-17)27(2)23(30)28(20)14-15-7-9-16(10-8-15)22(29)26-19-6-4-3-5-18(19)24/h3-13H,14,24H2,2H3,(H,26,29). The summed E-state index contributed by atoms with van der Waals surface area (Å²) in [6.45, 7) is 7.52. The van der Waals surface area contributed by atoms with Crippen LogP contribution in [0.3, 0.4) is 0 Å². The number of aryl methyl sites for hydroxylation is 1. The summed E-state index contributed by atoms with van der Waals surface area (Å²) in [5.74, 6) is -0.256.